The van der Waals surface area contributed by atoms with Crippen LogP contribution in [-0.2, 0) is 6.42 Å². The summed E-state index contributed by atoms with van der Waals surface area (Å²) in [6.45, 7) is 5.05. The Morgan fingerprint density at radius 1 is 1.42 bits per heavy atom. The van der Waals surface area contributed by atoms with Crippen LogP contribution < -0.4 is 10.8 Å². The molecule has 0 bridgehead atoms. The van der Waals surface area contributed by atoms with Gasteiger partial charge < -0.3 is 5.32 Å². The summed E-state index contributed by atoms with van der Waals surface area (Å²) in [4.78, 5) is 0. The number of benzene rings is 1. The maximum absolute atomic E-state index is 5.59. The van der Waals surface area contributed by atoms with Crippen LogP contribution in [0.2, 0.25) is 0 Å². The number of anilines is 1. The second-order valence-electron chi connectivity index (χ2n) is 2.59. The molecule has 1 aliphatic rings. The zero-order valence-corrected chi connectivity index (χ0v) is 7.72. The highest BCUT2D eigenvalue weighted by Gasteiger charge is 2.07. The lowest BCUT2D eigenvalue weighted by atomic mass is 9.94. The van der Waals surface area contributed by atoms with E-state index in [1.165, 1.54) is 11.3 Å². The number of rotatable bonds is 0. The Kier molecular flexibility index (Phi) is 3.21. The molecule has 2 rings (SSSR count). The standard InChI is InChI=1S/C8H8BN.C2H6.H2/c9-7-2-1-6-3-4-10-8(6)5-7;1-2;/h1-2,5,10H,3-4H2;1-2H3;1H. The second kappa shape index (κ2) is 4.20. The molecule has 1 aliphatic heterocycles. The third-order valence-corrected chi connectivity index (χ3v) is 1.84. The first kappa shape index (κ1) is 9.18. The minimum atomic E-state index is 0. The molecule has 0 atom stereocenters. The van der Waals surface area contributed by atoms with Crippen molar-refractivity contribution in [3.63, 3.8) is 0 Å². The third kappa shape index (κ3) is 1.82. The quantitative estimate of drug-likeness (QED) is 0.571. The first-order chi connectivity index (χ1) is 5.86. The summed E-state index contributed by atoms with van der Waals surface area (Å²) in [5, 5.41) is 3.26. The van der Waals surface area contributed by atoms with Crippen molar-refractivity contribution < 1.29 is 1.43 Å². The molecule has 1 N–H and O–H groups in total. The molecule has 0 fully saturated rings. The molecule has 1 aromatic carbocycles. The van der Waals surface area contributed by atoms with Crippen LogP contribution in [0.3, 0.4) is 0 Å². The van der Waals surface area contributed by atoms with Crippen molar-refractivity contribution in [3.05, 3.63) is 23.8 Å². The highest BCUT2D eigenvalue weighted by Crippen LogP contribution is 2.18. The fraction of sp³-hybridized carbons (Fsp3) is 0.400. The van der Waals surface area contributed by atoms with Crippen molar-refractivity contribution in [2.45, 2.75) is 20.3 Å². The van der Waals surface area contributed by atoms with E-state index >= 15 is 0 Å². The fourth-order valence-corrected chi connectivity index (χ4v) is 1.31. The van der Waals surface area contributed by atoms with E-state index in [0.717, 1.165) is 18.4 Å². The van der Waals surface area contributed by atoms with Crippen LogP contribution in [0.1, 0.15) is 20.8 Å². The summed E-state index contributed by atoms with van der Waals surface area (Å²) in [5.41, 5.74) is 3.43. The zero-order valence-electron chi connectivity index (χ0n) is 7.72. The van der Waals surface area contributed by atoms with Gasteiger partial charge in [-0.15, -0.1) is 0 Å². The lowest BCUT2D eigenvalue weighted by Gasteiger charge is -1.99. The van der Waals surface area contributed by atoms with Gasteiger partial charge in [-0.3, -0.25) is 0 Å². The van der Waals surface area contributed by atoms with Crippen molar-refractivity contribution in [2.75, 3.05) is 11.9 Å². The number of hydrogen-bond donors (Lipinski definition) is 1. The molecular formula is C10H16BN. The molecule has 0 aliphatic carbocycles. The number of fused-ring (bicyclic) bond motifs is 1. The Labute approximate surface area is 77.1 Å². The molecular weight excluding hydrogens is 145 g/mol. The van der Waals surface area contributed by atoms with Gasteiger partial charge in [0.15, 0.2) is 0 Å². The topological polar surface area (TPSA) is 12.0 Å². The van der Waals surface area contributed by atoms with Gasteiger partial charge in [0.25, 0.3) is 0 Å². The van der Waals surface area contributed by atoms with Crippen LogP contribution in [0.25, 0.3) is 0 Å². The Bertz CT molecular complexity index is 263. The molecule has 0 aromatic heterocycles. The first-order valence-corrected chi connectivity index (χ1v) is 4.48. The van der Waals surface area contributed by atoms with Crippen molar-refractivity contribution in [3.8, 4) is 0 Å². The van der Waals surface area contributed by atoms with Crippen LogP contribution in [0.5, 0.6) is 0 Å². The SMILES string of the molecule is CC.[B]c1ccc2c(c1)NCC2.[HH]. The summed E-state index contributed by atoms with van der Waals surface area (Å²) in [6, 6.07) is 6.03. The molecule has 1 nitrogen and oxygen atoms in total. The molecule has 2 heteroatoms. The fourth-order valence-electron chi connectivity index (χ4n) is 1.31. The van der Waals surface area contributed by atoms with E-state index in [9.17, 15) is 0 Å². The van der Waals surface area contributed by atoms with Gasteiger partial charge in [0.2, 0.25) is 0 Å². The Morgan fingerprint density at radius 3 is 2.92 bits per heavy atom. The van der Waals surface area contributed by atoms with Gasteiger partial charge in [0, 0.05) is 13.7 Å². The van der Waals surface area contributed by atoms with Crippen molar-refractivity contribution in [1.29, 1.82) is 0 Å². The van der Waals surface area contributed by atoms with Crippen LogP contribution in [0.4, 0.5) is 5.69 Å². The van der Waals surface area contributed by atoms with Crippen molar-refractivity contribution in [2.24, 2.45) is 0 Å². The minimum Gasteiger partial charge on any atom is -0.385 e. The highest BCUT2D eigenvalue weighted by atomic mass is 14.9. The lowest BCUT2D eigenvalue weighted by molar-refractivity contribution is 1.11. The normalized spacial score (nSPS) is 12.5. The van der Waals surface area contributed by atoms with Crippen molar-refractivity contribution >= 4 is 19.0 Å². The molecule has 0 saturated carbocycles. The Hall–Kier alpha value is -0.915. The molecule has 64 valence electrons. The number of nitrogens with one attached hydrogen (secondary N) is 1. The van der Waals surface area contributed by atoms with E-state index in [0.29, 0.717) is 0 Å². The smallest absolute Gasteiger partial charge is 0.113 e. The maximum atomic E-state index is 5.59. The average molecular weight is 161 g/mol. The van der Waals surface area contributed by atoms with E-state index in [1.54, 1.807) is 0 Å². The maximum Gasteiger partial charge on any atom is 0.113 e. The summed E-state index contributed by atoms with van der Waals surface area (Å²) >= 11 is 0. The van der Waals surface area contributed by atoms with Crippen LogP contribution >= 0.6 is 0 Å². The van der Waals surface area contributed by atoms with Gasteiger partial charge in [0.1, 0.15) is 7.85 Å². The Balaban J connectivity index is 0.000000451. The van der Waals surface area contributed by atoms with Crippen LogP contribution in [0, 0.1) is 0 Å². The lowest BCUT2D eigenvalue weighted by Crippen LogP contribution is -2.01. The van der Waals surface area contributed by atoms with E-state index < -0.39 is 0 Å². The second-order valence-corrected chi connectivity index (χ2v) is 2.59. The molecule has 0 spiro atoms. The summed E-state index contributed by atoms with van der Waals surface area (Å²) in [5.74, 6) is 0. The highest BCUT2D eigenvalue weighted by molar-refractivity contribution is 6.32. The van der Waals surface area contributed by atoms with Gasteiger partial charge in [-0.1, -0.05) is 31.4 Å². The monoisotopic (exact) mass is 161 g/mol. The predicted molar refractivity (Wildman–Crippen MR) is 57.5 cm³/mol. The molecule has 0 amide bonds. The van der Waals surface area contributed by atoms with E-state index in [1.807, 2.05) is 26.0 Å². The van der Waals surface area contributed by atoms with E-state index in [-0.39, 0.29) is 1.43 Å². The van der Waals surface area contributed by atoms with Gasteiger partial charge in [0.05, 0.1) is 0 Å². The molecule has 2 radical (unpaired) electrons. The number of hydrogen-bond acceptors (Lipinski definition) is 1. The van der Waals surface area contributed by atoms with Gasteiger partial charge >= 0.3 is 0 Å². The molecule has 1 aromatic rings. The van der Waals surface area contributed by atoms with E-state index in [2.05, 4.69) is 11.4 Å². The molecule has 0 saturated heterocycles. The zero-order chi connectivity index (χ0) is 8.97. The summed E-state index contributed by atoms with van der Waals surface area (Å²) in [7, 11) is 5.59. The van der Waals surface area contributed by atoms with Crippen LogP contribution in [-0.4, -0.2) is 14.4 Å². The summed E-state index contributed by atoms with van der Waals surface area (Å²) < 4.78 is 0. The van der Waals surface area contributed by atoms with Gasteiger partial charge in [-0.2, -0.15) is 0 Å². The average Bonchev–Trinajstić information content (AvgIpc) is 2.54. The molecule has 0 unspecified atom stereocenters. The van der Waals surface area contributed by atoms with Crippen molar-refractivity contribution in [1.82, 2.24) is 0 Å². The van der Waals surface area contributed by atoms with E-state index in [4.69, 9.17) is 7.85 Å². The predicted octanol–water partition coefficient (Wildman–Crippen LogP) is 1.72. The first-order valence-electron chi connectivity index (χ1n) is 4.48. The largest absolute Gasteiger partial charge is 0.385 e. The third-order valence-electron chi connectivity index (χ3n) is 1.84. The van der Waals surface area contributed by atoms with Crippen LogP contribution in [0.15, 0.2) is 18.2 Å². The molecule has 1 heterocycles. The van der Waals surface area contributed by atoms with Gasteiger partial charge in [-0.25, -0.2) is 0 Å². The molecule has 12 heavy (non-hydrogen) atoms. The van der Waals surface area contributed by atoms with Gasteiger partial charge in [-0.05, 0) is 18.1 Å². The summed E-state index contributed by atoms with van der Waals surface area (Å²) in [6.07, 6.45) is 1.13. The minimum absolute atomic E-state index is 0. The Morgan fingerprint density at radius 2 is 2.17 bits per heavy atom.